The first kappa shape index (κ1) is 15.7. The molecule has 1 saturated carbocycles. The molecule has 1 aliphatic heterocycles. The summed E-state index contributed by atoms with van der Waals surface area (Å²) in [6.45, 7) is 3.59. The van der Waals surface area contributed by atoms with Gasteiger partial charge < -0.3 is 5.32 Å². The third-order valence-electron chi connectivity index (χ3n) is 4.96. The number of imide groups is 1. The summed E-state index contributed by atoms with van der Waals surface area (Å²) in [4.78, 5) is 38.6. The van der Waals surface area contributed by atoms with E-state index in [1.54, 1.807) is 6.92 Å². The highest BCUT2D eigenvalue weighted by Crippen LogP contribution is 2.38. The van der Waals surface area contributed by atoms with E-state index in [1.165, 1.54) is 4.90 Å². The minimum Gasteiger partial charge on any atom is -0.324 e. The summed E-state index contributed by atoms with van der Waals surface area (Å²) in [6.07, 6.45) is 3.49. The molecule has 3 rings (SSSR count). The summed E-state index contributed by atoms with van der Waals surface area (Å²) in [5.74, 6) is -1.11. The van der Waals surface area contributed by atoms with Gasteiger partial charge in [0.2, 0.25) is 17.7 Å². The highest BCUT2D eigenvalue weighted by Gasteiger charge is 2.50. The number of anilines is 1. The number of amides is 3. The molecule has 0 spiro atoms. The second-order valence-electron chi connectivity index (χ2n) is 6.58. The zero-order chi connectivity index (χ0) is 16.6. The van der Waals surface area contributed by atoms with E-state index in [4.69, 9.17) is 0 Å². The zero-order valence-corrected chi connectivity index (χ0v) is 13.5. The molecule has 5 nitrogen and oxygen atoms in total. The molecular formula is C18H22N2O3. The molecule has 2 fully saturated rings. The van der Waals surface area contributed by atoms with Gasteiger partial charge in [-0.1, -0.05) is 30.5 Å². The van der Waals surface area contributed by atoms with E-state index in [-0.39, 0.29) is 29.6 Å². The Morgan fingerprint density at radius 3 is 2.13 bits per heavy atom. The van der Waals surface area contributed by atoms with Crippen molar-refractivity contribution < 1.29 is 14.4 Å². The van der Waals surface area contributed by atoms with Crippen molar-refractivity contribution in [3.05, 3.63) is 29.8 Å². The summed E-state index contributed by atoms with van der Waals surface area (Å²) < 4.78 is 0. The van der Waals surface area contributed by atoms with Crippen LogP contribution < -0.4 is 5.32 Å². The second-order valence-corrected chi connectivity index (χ2v) is 6.58. The van der Waals surface area contributed by atoms with Crippen LogP contribution in [0.4, 0.5) is 5.69 Å². The smallest absolute Gasteiger partial charge is 0.247 e. The molecule has 122 valence electrons. The first-order chi connectivity index (χ1) is 11.0. The number of fused-ring (bicyclic) bond motifs is 1. The number of likely N-dealkylation sites (tertiary alicyclic amines) is 1. The van der Waals surface area contributed by atoms with Gasteiger partial charge in [0, 0.05) is 5.69 Å². The lowest BCUT2D eigenvalue weighted by Crippen LogP contribution is -2.46. The summed E-state index contributed by atoms with van der Waals surface area (Å²) >= 11 is 0. The van der Waals surface area contributed by atoms with Gasteiger partial charge in [-0.25, -0.2) is 0 Å². The highest BCUT2D eigenvalue weighted by atomic mass is 16.2. The van der Waals surface area contributed by atoms with E-state index < -0.39 is 6.04 Å². The van der Waals surface area contributed by atoms with Gasteiger partial charge >= 0.3 is 0 Å². The van der Waals surface area contributed by atoms with E-state index in [0.717, 1.165) is 31.2 Å². The van der Waals surface area contributed by atoms with Crippen molar-refractivity contribution in [1.29, 1.82) is 0 Å². The maximum Gasteiger partial charge on any atom is 0.247 e. The minimum atomic E-state index is -0.776. The fourth-order valence-corrected chi connectivity index (χ4v) is 3.57. The number of nitrogens with one attached hydrogen (secondary N) is 1. The average Bonchev–Trinajstić information content (AvgIpc) is 2.81. The van der Waals surface area contributed by atoms with Crippen LogP contribution in [0.25, 0.3) is 0 Å². The molecule has 2 aliphatic rings. The first-order valence-corrected chi connectivity index (χ1v) is 8.23. The zero-order valence-electron chi connectivity index (χ0n) is 13.5. The molecule has 1 aromatic rings. The Balaban J connectivity index is 1.72. The number of nitrogens with zero attached hydrogens (tertiary/aromatic N) is 1. The Labute approximate surface area is 136 Å². The van der Waals surface area contributed by atoms with Crippen molar-refractivity contribution in [3.8, 4) is 0 Å². The van der Waals surface area contributed by atoms with Crippen LogP contribution in [0.1, 0.15) is 38.2 Å². The lowest BCUT2D eigenvalue weighted by molar-refractivity contribution is -0.146. The molecule has 0 aromatic heterocycles. The number of hydrogen-bond donors (Lipinski definition) is 1. The fraction of sp³-hybridized carbons (Fsp3) is 0.500. The third-order valence-corrected chi connectivity index (χ3v) is 4.96. The molecule has 3 atom stereocenters. The third kappa shape index (κ3) is 2.87. The van der Waals surface area contributed by atoms with Gasteiger partial charge in [-0.2, -0.15) is 0 Å². The van der Waals surface area contributed by atoms with Crippen molar-refractivity contribution in [2.24, 2.45) is 11.8 Å². The Morgan fingerprint density at radius 2 is 1.61 bits per heavy atom. The van der Waals surface area contributed by atoms with Crippen LogP contribution in [0.2, 0.25) is 0 Å². The number of hydrogen-bond acceptors (Lipinski definition) is 3. The molecule has 1 saturated heterocycles. The lowest BCUT2D eigenvalue weighted by Gasteiger charge is -2.22. The molecule has 1 aliphatic carbocycles. The maximum atomic E-state index is 12.5. The van der Waals surface area contributed by atoms with E-state index in [2.05, 4.69) is 5.32 Å². The average molecular weight is 314 g/mol. The number of carbonyl (C=O) groups excluding carboxylic acids is 3. The van der Waals surface area contributed by atoms with Gasteiger partial charge in [0.05, 0.1) is 11.8 Å². The van der Waals surface area contributed by atoms with Crippen molar-refractivity contribution in [1.82, 2.24) is 4.90 Å². The first-order valence-electron chi connectivity index (χ1n) is 8.23. The monoisotopic (exact) mass is 314 g/mol. The van der Waals surface area contributed by atoms with E-state index in [0.29, 0.717) is 5.69 Å². The van der Waals surface area contributed by atoms with Crippen LogP contribution in [-0.2, 0) is 14.4 Å². The van der Waals surface area contributed by atoms with Crippen molar-refractivity contribution in [2.45, 2.75) is 45.6 Å². The topological polar surface area (TPSA) is 66.5 Å². The van der Waals surface area contributed by atoms with E-state index in [1.807, 2.05) is 31.2 Å². The van der Waals surface area contributed by atoms with Crippen LogP contribution in [0.3, 0.4) is 0 Å². The Morgan fingerprint density at radius 1 is 1.09 bits per heavy atom. The molecule has 1 aromatic carbocycles. The normalized spacial score (nSPS) is 25.2. The Kier molecular flexibility index (Phi) is 4.20. The standard InChI is InChI=1S/C18H22N2O3/c1-11-7-9-13(10-8-11)19-16(21)12(2)20-17(22)14-5-3-4-6-15(14)18(20)23/h7-10,12,14-15H,3-6H2,1-2H3,(H,19,21)/t12-,14?,15?/m0/s1. The number of aryl methyl sites for hydroxylation is 1. The molecule has 0 bridgehead atoms. The molecule has 1 heterocycles. The van der Waals surface area contributed by atoms with Gasteiger partial charge in [0.1, 0.15) is 6.04 Å². The van der Waals surface area contributed by atoms with Crippen LogP contribution in [-0.4, -0.2) is 28.7 Å². The Hall–Kier alpha value is -2.17. The number of benzene rings is 1. The van der Waals surface area contributed by atoms with Gasteiger partial charge in [0.15, 0.2) is 0 Å². The quantitative estimate of drug-likeness (QED) is 0.872. The molecule has 3 amide bonds. The molecule has 0 radical (unpaired) electrons. The predicted molar refractivity (Wildman–Crippen MR) is 86.6 cm³/mol. The van der Waals surface area contributed by atoms with Crippen LogP contribution in [0.15, 0.2) is 24.3 Å². The molecule has 5 heteroatoms. The largest absolute Gasteiger partial charge is 0.324 e. The maximum absolute atomic E-state index is 12.5. The highest BCUT2D eigenvalue weighted by molar-refractivity contribution is 6.09. The Bertz CT molecular complexity index is 614. The second kappa shape index (κ2) is 6.14. The molecular weight excluding hydrogens is 292 g/mol. The van der Waals surface area contributed by atoms with Crippen molar-refractivity contribution in [3.63, 3.8) is 0 Å². The van der Waals surface area contributed by atoms with Crippen molar-refractivity contribution in [2.75, 3.05) is 5.32 Å². The fourth-order valence-electron chi connectivity index (χ4n) is 3.57. The summed E-state index contributed by atoms with van der Waals surface area (Å²) in [5.41, 5.74) is 1.77. The lowest BCUT2D eigenvalue weighted by atomic mass is 9.81. The number of rotatable bonds is 3. The summed E-state index contributed by atoms with van der Waals surface area (Å²) in [7, 11) is 0. The minimum absolute atomic E-state index is 0.175. The number of carbonyl (C=O) groups is 3. The van der Waals surface area contributed by atoms with Gasteiger partial charge in [-0.3, -0.25) is 19.3 Å². The van der Waals surface area contributed by atoms with E-state index in [9.17, 15) is 14.4 Å². The summed E-state index contributed by atoms with van der Waals surface area (Å²) in [5, 5.41) is 2.78. The van der Waals surface area contributed by atoms with Crippen LogP contribution in [0.5, 0.6) is 0 Å². The predicted octanol–water partition coefficient (Wildman–Crippen LogP) is 2.50. The molecule has 1 N–H and O–H groups in total. The van der Waals surface area contributed by atoms with Gasteiger partial charge in [-0.05, 0) is 38.8 Å². The molecule has 23 heavy (non-hydrogen) atoms. The van der Waals surface area contributed by atoms with E-state index >= 15 is 0 Å². The SMILES string of the molecule is Cc1ccc(NC(=O)[C@H](C)N2C(=O)C3CCCCC3C2=O)cc1. The molecule has 2 unspecified atom stereocenters. The van der Waals surface area contributed by atoms with Crippen LogP contribution in [0, 0.1) is 18.8 Å². The van der Waals surface area contributed by atoms with Gasteiger partial charge in [0.25, 0.3) is 0 Å². The summed E-state index contributed by atoms with van der Waals surface area (Å²) in [6, 6.07) is 6.66. The van der Waals surface area contributed by atoms with Crippen molar-refractivity contribution >= 4 is 23.4 Å². The van der Waals surface area contributed by atoms with Gasteiger partial charge in [-0.15, -0.1) is 0 Å². The van der Waals surface area contributed by atoms with Crippen LogP contribution >= 0.6 is 0 Å².